The van der Waals surface area contributed by atoms with E-state index in [1.54, 1.807) is 11.3 Å². The molecule has 5 rings (SSSR count). The number of imide groups is 1. The van der Waals surface area contributed by atoms with Crippen LogP contribution in [0.5, 0.6) is 0 Å². The van der Waals surface area contributed by atoms with Crippen molar-refractivity contribution in [2.45, 2.75) is 12.8 Å². The van der Waals surface area contributed by atoms with Crippen LogP contribution in [0.4, 0.5) is 5.69 Å². The van der Waals surface area contributed by atoms with Gasteiger partial charge in [-0.3, -0.25) is 14.5 Å². The number of hydrogen-bond acceptors (Lipinski definition) is 4. The molecule has 5 nitrogen and oxygen atoms in total. The Hall–Kier alpha value is -2.86. The lowest BCUT2D eigenvalue weighted by Gasteiger charge is -2.18. The van der Waals surface area contributed by atoms with Gasteiger partial charge in [0.2, 0.25) is 5.91 Å². The highest BCUT2D eigenvalue weighted by Crippen LogP contribution is 2.46. The third-order valence-electron chi connectivity index (χ3n) is 5.30. The Bertz CT molecular complexity index is 1110. The molecule has 3 aromatic rings. The van der Waals surface area contributed by atoms with Crippen LogP contribution in [0, 0.1) is 0 Å². The average molecular weight is 363 g/mol. The Morgan fingerprint density at radius 1 is 1.31 bits per heavy atom. The van der Waals surface area contributed by atoms with Crippen molar-refractivity contribution in [1.29, 1.82) is 0 Å². The first-order valence-corrected chi connectivity index (χ1v) is 9.43. The summed E-state index contributed by atoms with van der Waals surface area (Å²) in [5, 5.41) is 8.72. The number of carbonyl (C=O) groups is 2. The van der Waals surface area contributed by atoms with Crippen LogP contribution in [0.2, 0.25) is 0 Å². The van der Waals surface area contributed by atoms with Gasteiger partial charge in [0, 0.05) is 42.9 Å². The number of anilines is 1. The summed E-state index contributed by atoms with van der Waals surface area (Å²) < 4.78 is 2.10. The smallest absolute Gasteiger partial charge is 0.259 e. The number of nitrogens with zero attached hydrogens (tertiary/aromatic N) is 2. The first kappa shape index (κ1) is 15.4. The van der Waals surface area contributed by atoms with Gasteiger partial charge in [-0.05, 0) is 40.1 Å². The number of rotatable bonds is 1. The molecule has 0 unspecified atom stereocenters. The van der Waals surface area contributed by atoms with Crippen LogP contribution in [0.1, 0.15) is 24.0 Å². The summed E-state index contributed by atoms with van der Waals surface area (Å²) >= 11 is 1.62. The Labute approximate surface area is 154 Å². The van der Waals surface area contributed by atoms with Crippen LogP contribution in [0.3, 0.4) is 0 Å². The third-order valence-corrected chi connectivity index (χ3v) is 6.00. The molecule has 1 atom stereocenters. The minimum atomic E-state index is -0.222. The van der Waals surface area contributed by atoms with Crippen molar-refractivity contribution in [3.63, 3.8) is 0 Å². The van der Waals surface area contributed by atoms with Crippen molar-refractivity contribution in [3.05, 3.63) is 63.6 Å². The number of hydrogen-bond donors (Lipinski definition) is 1. The molecular formula is C20H17N3O2S. The number of aromatic nitrogens is 1. The minimum Gasteiger partial charge on any atom is -0.356 e. The summed E-state index contributed by atoms with van der Waals surface area (Å²) in [6.07, 6.45) is 2.11. The van der Waals surface area contributed by atoms with Crippen molar-refractivity contribution in [2.75, 3.05) is 11.9 Å². The zero-order chi connectivity index (χ0) is 18.0. The summed E-state index contributed by atoms with van der Waals surface area (Å²) in [6.45, 7) is 1.75. The summed E-state index contributed by atoms with van der Waals surface area (Å²) in [6, 6.07) is 8.21. The van der Waals surface area contributed by atoms with Crippen molar-refractivity contribution in [3.8, 4) is 0 Å². The molecule has 0 saturated heterocycles. The van der Waals surface area contributed by atoms with E-state index in [2.05, 4.69) is 33.6 Å². The molecule has 0 radical (unpaired) electrons. The topological polar surface area (TPSA) is 54.3 Å². The lowest BCUT2D eigenvalue weighted by Crippen LogP contribution is -2.33. The highest BCUT2D eigenvalue weighted by atomic mass is 32.1. The van der Waals surface area contributed by atoms with Gasteiger partial charge in [-0.15, -0.1) is 0 Å². The molecule has 0 fully saturated rings. The second-order valence-corrected chi connectivity index (χ2v) is 7.59. The van der Waals surface area contributed by atoms with E-state index >= 15 is 0 Å². The average Bonchev–Trinajstić information content (AvgIpc) is 3.29. The van der Waals surface area contributed by atoms with E-state index in [-0.39, 0.29) is 17.7 Å². The second kappa shape index (κ2) is 5.32. The molecule has 130 valence electrons. The first-order valence-electron chi connectivity index (χ1n) is 8.49. The maximum absolute atomic E-state index is 13.1. The third kappa shape index (κ3) is 1.96. The fourth-order valence-corrected chi connectivity index (χ4v) is 4.84. The molecule has 0 saturated carbocycles. The van der Waals surface area contributed by atoms with Gasteiger partial charge in [0.05, 0.1) is 17.6 Å². The van der Waals surface area contributed by atoms with Gasteiger partial charge < -0.3 is 9.88 Å². The van der Waals surface area contributed by atoms with E-state index < -0.39 is 0 Å². The molecule has 6 heteroatoms. The summed E-state index contributed by atoms with van der Waals surface area (Å²) in [5.74, 6) is -0.589. The Morgan fingerprint density at radius 3 is 2.88 bits per heavy atom. The van der Waals surface area contributed by atoms with Gasteiger partial charge in [-0.2, -0.15) is 11.3 Å². The molecule has 2 aliphatic rings. The van der Waals surface area contributed by atoms with Crippen LogP contribution in [0.15, 0.2) is 52.5 Å². The largest absolute Gasteiger partial charge is 0.356 e. The lowest BCUT2D eigenvalue weighted by atomic mass is 9.86. The lowest BCUT2D eigenvalue weighted by molar-refractivity contribution is -0.139. The van der Waals surface area contributed by atoms with Gasteiger partial charge in [0.25, 0.3) is 5.91 Å². The van der Waals surface area contributed by atoms with Gasteiger partial charge >= 0.3 is 0 Å². The molecule has 0 spiro atoms. The second-order valence-electron chi connectivity index (χ2n) is 6.81. The molecular weight excluding hydrogens is 346 g/mol. The molecule has 0 bridgehead atoms. The Balaban J connectivity index is 1.82. The molecule has 2 aliphatic heterocycles. The fourth-order valence-electron chi connectivity index (χ4n) is 4.16. The maximum Gasteiger partial charge on any atom is 0.259 e. The van der Waals surface area contributed by atoms with Crippen molar-refractivity contribution in [2.24, 2.45) is 7.05 Å². The van der Waals surface area contributed by atoms with E-state index in [9.17, 15) is 9.59 Å². The van der Waals surface area contributed by atoms with Gasteiger partial charge in [-0.25, -0.2) is 0 Å². The zero-order valence-corrected chi connectivity index (χ0v) is 15.3. The van der Waals surface area contributed by atoms with Crippen LogP contribution in [0.25, 0.3) is 10.9 Å². The molecule has 1 aromatic carbocycles. The van der Waals surface area contributed by atoms with Crippen LogP contribution in [-0.4, -0.2) is 27.8 Å². The van der Waals surface area contributed by atoms with Crippen molar-refractivity contribution >= 4 is 39.7 Å². The number of thiophene rings is 1. The minimum absolute atomic E-state index is 0.173. The summed E-state index contributed by atoms with van der Waals surface area (Å²) in [4.78, 5) is 26.4. The normalized spacial score (nSPS) is 18.9. The SMILES string of the molecule is CC(=O)N1CC2=C(C1=O)[C@H](c1ccsc1)c1cn(C)c3cccc(c13)N2. The van der Waals surface area contributed by atoms with Gasteiger partial charge in [0.1, 0.15) is 0 Å². The number of nitrogens with one attached hydrogen (secondary N) is 1. The molecule has 0 aliphatic carbocycles. The van der Waals surface area contributed by atoms with Crippen molar-refractivity contribution < 1.29 is 9.59 Å². The molecule has 1 N–H and O–H groups in total. The van der Waals surface area contributed by atoms with Crippen LogP contribution >= 0.6 is 11.3 Å². The predicted molar refractivity (Wildman–Crippen MR) is 102 cm³/mol. The summed E-state index contributed by atoms with van der Waals surface area (Å²) in [5.41, 5.74) is 5.82. The van der Waals surface area contributed by atoms with Crippen molar-refractivity contribution in [1.82, 2.24) is 9.47 Å². The first-order chi connectivity index (χ1) is 12.6. The van der Waals surface area contributed by atoms with Crippen LogP contribution in [-0.2, 0) is 16.6 Å². The molecule has 2 aromatic heterocycles. The quantitative estimate of drug-likeness (QED) is 0.721. The van der Waals surface area contributed by atoms with E-state index in [1.807, 2.05) is 24.6 Å². The number of amides is 2. The van der Waals surface area contributed by atoms with E-state index in [0.717, 1.165) is 33.4 Å². The summed E-state index contributed by atoms with van der Waals surface area (Å²) in [7, 11) is 2.02. The standard InChI is InChI=1S/C20H17N3O2S/c1-11(24)23-9-15-19(20(23)25)17(12-6-7-26-10-12)13-8-22(2)16-5-3-4-14(21-15)18(13)16/h3-8,10,17,21H,9H2,1-2H3/t17-/m1/s1. The number of benzene rings is 1. The highest BCUT2D eigenvalue weighted by Gasteiger charge is 2.41. The monoisotopic (exact) mass is 363 g/mol. The molecule has 26 heavy (non-hydrogen) atoms. The maximum atomic E-state index is 13.1. The highest BCUT2D eigenvalue weighted by molar-refractivity contribution is 7.08. The van der Waals surface area contributed by atoms with Gasteiger partial charge in [-0.1, -0.05) is 6.07 Å². The molecule has 4 heterocycles. The fraction of sp³-hybridized carbons (Fsp3) is 0.200. The van der Waals surface area contributed by atoms with Crippen LogP contribution < -0.4 is 5.32 Å². The Kier molecular flexibility index (Phi) is 3.15. The predicted octanol–water partition coefficient (Wildman–Crippen LogP) is 3.44. The number of carbonyl (C=O) groups excluding carboxylic acids is 2. The number of aryl methyl sites for hydroxylation is 1. The zero-order valence-electron chi connectivity index (χ0n) is 14.4. The molecule has 2 amide bonds. The Morgan fingerprint density at radius 2 is 2.15 bits per heavy atom. The van der Waals surface area contributed by atoms with E-state index in [4.69, 9.17) is 0 Å². The van der Waals surface area contributed by atoms with Gasteiger partial charge in [0.15, 0.2) is 0 Å². The van der Waals surface area contributed by atoms with E-state index in [0.29, 0.717) is 12.1 Å². The van der Waals surface area contributed by atoms with E-state index in [1.165, 1.54) is 11.8 Å².